The number of aryl methyl sites for hydroxylation is 1. The van der Waals surface area contributed by atoms with E-state index in [1.165, 1.54) is 15.6 Å². The second kappa shape index (κ2) is 5.76. The van der Waals surface area contributed by atoms with Crippen LogP contribution in [0.25, 0.3) is 0 Å². The molecule has 0 atom stereocenters. The van der Waals surface area contributed by atoms with Crippen molar-refractivity contribution in [1.29, 1.82) is 0 Å². The van der Waals surface area contributed by atoms with E-state index in [1.807, 2.05) is 0 Å². The number of hydrogen-bond acceptors (Lipinski definition) is 2. The Morgan fingerprint density at radius 3 is 2.37 bits per heavy atom. The maximum Gasteiger partial charge on any atom is 0.133 e. The number of carbonyl (C=O) groups excluding carboxylic acids is 1. The summed E-state index contributed by atoms with van der Waals surface area (Å²) in [6.45, 7) is 2.17. The fourth-order valence-electron chi connectivity index (χ4n) is 3.06. The molecule has 0 N–H and O–H groups in total. The fourth-order valence-corrected chi connectivity index (χ4v) is 3.85. The maximum atomic E-state index is 11.6. The lowest BCUT2D eigenvalue weighted by molar-refractivity contribution is -0.122. The predicted octanol–water partition coefficient (Wildman–Crippen LogP) is 3.91. The van der Waals surface area contributed by atoms with Crippen molar-refractivity contribution in [2.24, 2.45) is 0 Å². The van der Waals surface area contributed by atoms with Crippen LogP contribution in [0.15, 0.2) is 22.7 Å². The lowest BCUT2D eigenvalue weighted by Crippen LogP contribution is -2.44. The molecule has 1 fully saturated rings. The Labute approximate surface area is 124 Å². The van der Waals surface area contributed by atoms with E-state index in [0.717, 1.165) is 19.3 Å². The van der Waals surface area contributed by atoms with Crippen LogP contribution in [0, 0.1) is 0 Å². The highest BCUT2D eigenvalue weighted by Crippen LogP contribution is 2.43. The summed E-state index contributed by atoms with van der Waals surface area (Å²) in [5, 5.41) is 0. The molecule has 0 saturated heterocycles. The van der Waals surface area contributed by atoms with E-state index in [2.05, 4.69) is 60.0 Å². The molecule has 0 radical (unpaired) electrons. The normalized spacial score (nSPS) is 18.9. The number of carbonyl (C=O) groups is 1. The maximum absolute atomic E-state index is 11.6. The van der Waals surface area contributed by atoms with E-state index < -0.39 is 0 Å². The Morgan fingerprint density at radius 2 is 1.89 bits per heavy atom. The first-order valence-electron chi connectivity index (χ1n) is 6.97. The minimum absolute atomic E-state index is 0.000977. The third-order valence-electron chi connectivity index (χ3n) is 4.43. The lowest BCUT2D eigenvalue weighted by atomic mass is 9.75. The van der Waals surface area contributed by atoms with Crippen LogP contribution in [0.2, 0.25) is 0 Å². The molecule has 0 bridgehead atoms. The number of hydrogen-bond donors (Lipinski definition) is 0. The van der Waals surface area contributed by atoms with Crippen LogP contribution >= 0.6 is 15.9 Å². The summed E-state index contributed by atoms with van der Waals surface area (Å²) in [4.78, 5) is 13.8. The minimum Gasteiger partial charge on any atom is -0.300 e. The Bertz CT molecular complexity index is 472. The van der Waals surface area contributed by atoms with Crippen LogP contribution in [-0.2, 0) is 16.8 Å². The van der Waals surface area contributed by atoms with Crippen LogP contribution in [0.5, 0.6) is 0 Å². The van der Waals surface area contributed by atoms with E-state index >= 15 is 0 Å². The molecule has 1 saturated carbocycles. The first-order chi connectivity index (χ1) is 8.99. The van der Waals surface area contributed by atoms with E-state index in [0.29, 0.717) is 18.6 Å². The van der Waals surface area contributed by atoms with Gasteiger partial charge in [-0.3, -0.25) is 9.69 Å². The monoisotopic (exact) mass is 323 g/mol. The van der Waals surface area contributed by atoms with E-state index in [9.17, 15) is 4.79 Å². The molecule has 1 aliphatic carbocycles. The number of benzene rings is 1. The summed E-state index contributed by atoms with van der Waals surface area (Å²) >= 11 is 3.73. The smallest absolute Gasteiger partial charge is 0.133 e. The standard InChI is InChI=1S/C16H22BrNO/c1-4-12-5-6-14(15(17)11-12)16(18(2)3)9-7-13(19)8-10-16/h5-6,11H,4,7-10H2,1-3H3. The van der Waals surface area contributed by atoms with E-state index in [1.54, 1.807) is 0 Å². The van der Waals surface area contributed by atoms with Crippen molar-refractivity contribution in [3.8, 4) is 0 Å². The molecule has 2 rings (SSSR count). The van der Waals surface area contributed by atoms with Gasteiger partial charge in [-0.25, -0.2) is 0 Å². The molecule has 0 aliphatic heterocycles. The average molecular weight is 324 g/mol. The molecule has 0 unspecified atom stereocenters. The van der Waals surface area contributed by atoms with Crippen molar-refractivity contribution in [3.63, 3.8) is 0 Å². The van der Waals surface area contributed by atoms with Crippen LogP contribution in [0.4, 0.5) is 0 Å². The Hall–Kier alpha value is -0.670. The van der Waals surface area contributed by atoms with Crippen molar-refractivity contribution in [2.45, 2.75) is 44.6 Å². The molecule has 0 aromatic heterocycles. The Morgan fingerprint density at radius 1 is 1.26 bits per heavy atom. The van der Waals surface area contributed by atoms with Crippen molar-refractivity contribution in [3.05, 3.63) is 33.8 Å². The van der Waals surface area contributed by atoms with Crippen molar-refractivity contribution in [2.75, 3.05) is 14.1 Å². The molecule has 19 heavy (non-hydrogen) atoms. The van der Waals surface area contributed by atoms with Gasteiger partial charge in [0, 0.05) is 22.9 Å². The van der Waals surface area contributed by atoms with Crippen molar-refractivity contribution < 1.29 is 4.79 Å². The summed E-state index contributed by atoms with van der Waals surface area (Å²) in [7, 11) is 4.24. The van der Waals surface area contributed by atoms with Gasteiger partial charge in [0.2, 0.25) is 0 Å². The number of halogens is 1. The molecule has 3 heteroatoms. The first-order valence-corrected chi connectivity index (χ1v) is 7.77. The van der Waals surface area contributed by atoms with Gasteiger partial charge < -0.3 is 0 Å². The molecule has 0 amide bonds. The van der Waals surface area contributed by atoms with Gasteiger partial charge in [-0.05, 0) is 50.6 Å². The molecule has 0 heterocycles. The lowest BCUT2D eigenvalue weighted by Gasteiger charge is -2.43. The third-order valence-corrected chi connectivity index (χ3v) is 5.09. The first kappa shape index (κ1) is 14.7. The third kappa shape index (κ3) is 2.77. The largest absolute Gasteiger partial charge is 0.300 e. The molecule has 0 spiro atoms. The van der Waals surface area contributed by atoms with Gasteiger partial charge in [0.15, 0.2) is 0 Å². The predicted molar refractivity (Wildman–Crippen MR) is 82.4 cm³/mol. The quantitative estimate of drug-likeness (QED) is 0.840. The van der Waals surface area contributed by atoms with Crippen LogP contribution < -0.4 is 0 Å². The minimum atomic E-state index is -0.000977. The molecule has 1 aromatic carbocycles. The number of rotatable bonds is 3. The zero-order chi connectivity index (χ0) is 14.0. The van der Waals surface area contributed by atoms with Crippen LogP contribution in [0.1, 0.15) is 43.7 Å². The van der Waals surface area contributed by atoms with Gasteiger partial charge in [0.05, 0.1) is 0 Å². The number of Topliss-reactive ketones (excluding diaryl/α,β-unsaturated/α-hetero) is 1. The fraction of sp³-hybridized carbons (Fsp3) is 0.562. The van der Waals surface area contributed by atoms with Gasteiger partial charge in [0.25, 0.3) is 0 Å². The Balaban J connectivity index is 2.42. The van der Waals surface area contributed by atoms with Crippen molar-refractivity contribution in [1.82, 2.24) is 4.90 Å². The second-order valence-electron chi connectivity index (χ2n) is 5.63. The van der Waals surface area contributed by atoms with Gasteiger partial charge in [-0.15, -0.1) is 0 Å². The highest BCUT2D eigenvalue weighted by molar-refractivity contribution is 9.10. The highest BCUT2D eigenvalue weighted by Gasteiger charge is 2.39. The molecule has 2 nitrogen and oxygen atoms in total. The summed E-state index contributed by atoms with van der Waals surface area (Å²) < 4.78 is 1.18. The van der Waals surface area contributed by atoms with E-state index in [-0.39, 0.29) is 5.54 Å². The van der Waals surface area contributed by atoms with Crippen LogP contribution in [-0.4, -0.2) is 24.8 Å². The SMILES string of the molecule is CCc1ccc(C2(N(C)C)CCC(=O)CC2)c(Br)c1. The van der Waals surface area contributed by atoms with Gasteiger partial charge in [-0.2, -0.15) is 0 Å². The molecule has 1 aliphatic rings. The summed E-state index contributed by atoms with van der Waals surface area (Å²) in [5.74, 6) is 0.402. The summed E-state index contributed by atoms with van der Waals surface area (Å²) in [6.07, 6.45) is 4.28. The summed E-state index contributed by atoms with van der Waals surface area (Å²) in [6, 6.07) is 6.66. The second-order valence-corrected chi connectivity index (χ2v) is 6.49. The highest BCUT2D eigenvalue weighted by atomic mass is 79.9. The van der Waals surface area contributed by atoms with Gasteiger partial charge in [-0.1, -0.05) is 35.0 Å². The molecule has 1 aromatic rings. The Kier molecular flexibility index (Phi) is 4.46. The topological polar surface area (TPSA) is 20.3 Å². The zero-order valence-electron chi connectivity index (χ0n) is 12.0. The van der Waals surface area contributed by atoms with Crippen LogP contribution in [0.3, 0.4) is 0 Å². The summed E-state index contributed by atoms with van der Waals surface area (Å²) in [5.41, 5.74) is 2.66. The molecular weight excluding hydrogens is 302 g/mol. The van der Waals surface area contributed by atoms with Crippen molar-refractivity contribution >= 4 is 21.7 Å². The molecule has 104 valence electrons. The number of ketones is 1. The van der Waals surface area contributed by atoms with E-state index in [4.69, 9.17) is 0 Å². The average Bonchev–Trinajstić information content (AvgIpc) is 2.40. The van der Waals surface area contributed by atoms with Gasteiger partial charge >= 0.3 is 0 Å². The number of nitrogens with zero attached hydrogens (tertiary/aromatic N) is 1. The zero-order valence-corrected chi connectivity index (χ0v) is 13.6. The van der Waals surface area contributed by atoms with Gasteiger partial charge in [0.1, 0.15) is 5.78 Å². The molecular formula is C16H22BrNO.